The lowest BCUT2D eigenvalue weighted by atomic mass is 9.75. The number of aromatic hydroxyl groups is 1. The summed E-state index contributed by atoms with van der Waals surface area (Å²) in [6, 6.07) is 7.00. The van der Waals surface area contributed by atoms with Crippen molar-refractivity contribution in [3.8, 4) is 17.2 Å². The number of fused-ring (bicyclic) bond motifs is 2. The molecule has 290 valence electrons. The van der Waals surface area contributed by atoms with E-state index >= 15 is 0 Å². The largest absolute Gasteiger partial charge is 0.507 e. The van der Waals surface area contributed by atoms with Crippen LogP contribution in [0.4, 0.5) is 5.82 Å². The molecule has 0 unspecified atom stereocenters. The maximum absolute atomic E-state index is 14.2. The number of ketones is 2. The molecule has 6 atom stereocenters. The van der Waals surface area contributed by atoms with Crippen molar-refractivity contribution in [3.05, 3.63) is 87.6 Å². The predicted molar refractivity (Wildman–Crippen MR) is 192 cm³/mol. The van der Waals surface area contributed by atoms with E-state index in [0.29, 0.717) is 11.1 Å². The lowest BCUT2D eigenvalue weighted by molar-refractivity contribution is -0.315. The van der Waals surface area contributed by atoms with E-state index in [-0.39, 0.29) is 64.2 Å². The van der Waals surface area contributed by atoms with Crippen LogP contribution < -0.4 is 26.3 Å². The first kappa shape index (κ1) is 38.8. The second-order valence-corrected chi connectivity index (χ2v) is 13.4. The molecule has 18 heteroatoms. The number of methoxy groups -OCH3 is 1. The number of guanidine groups is 1. The number of nitrogens with zero attached hydrogens (tertiary/aromatic N) is 3. The van der Waals surface area contributed by atoms with Gasteiger partial charge in [0.1, 0.15) is 47.0 Å². The van der Waals surface area contributed by atoms with Crippen LogP contribution in [0.5, 0.6) is 17.2 Å². The first-order valence-electron chi connectivity index (χ1n) is 17.0. The number of hydrogen-bond donors (Lipinski definition) is 8. The third kappa shape index (κ3) is 6.96. The number of phenols is 1. The van der Waals surface area contributed by atoms with Crippen LogP contribution in [0.15, 0.2) is 53.7 Å². The number of hydrogen-bond acceptors (Lipinski definition) is 15. The summed E-state index contributed by atoms with van der Waals surface area (Å²) < 4.78 is 17.3. The number of phenolic OH excluding ortho intramolecular Hbond substituents is 1. The van der Waals surface area contributed by atoms with E-state index < -0.39 is 78.3 Å². The second kappa shape index (κ2) is 15.1. The van der Waals surface area contributed by atoms with Gasteiger partial charge in [-0.05, 0) is 48.7 Å². The Balaban J connectivity index is 1.34. The molecule has 0 bridgehead atoms. The molecule has 3 heterocycles. The van der Waals surface area contributed by atoms with Crippen molar-refractivity contribution in [1.82, 2.24) is 15.2 Å². The van der Waals surface area contributed by atoms with E-state index in [1.807, 2.05) is 0 Å². The van der Waals surface area contributed by atoms with E-state index in [4.69, 9.17) is 25.7 Å². The monoisotopic (exact) mass is 760 g/mol. The number of benzene rings is 2. The van der Waals surface area contributed by atoms with Crippen molar-refractivity contribution in [2.75, 3.05) is 33.0 Å². The summed E-state index contributed by atoms with van der Waals surface area (Å²) in [6.45, 7) is 0.408. The standard InChI is InChI=1S/C37H40N6O12/c1-16-8-20-29(31(48)22(16)13-42-36(39)40-2)32(49)28-21(30(20)47)10-19(53-3)11-23(28)54-35-33(50)34(51)37(52,24(15-44)55-35)12-18(17-6-7-41-25(38)9-17)14-43-26(45)4-5-27(43)46/h4-11,18,24,33-35,44,48,50-52H,12-15H2,1-3H3,(H2,38,41)(H3,39,40,42)/t18-,24-,33-,34-,35-,37-/m1/s1. The molecule has 3 aromatic rings. The third-order valence-electron chi connectivity index (χ3n) is 10.1. The smallest absolute Gasteiger partial charge is 0.253 e. The molecule has 0 radical (unpaired) electrons. The van der Waals surface area contributed by atoms with E-state index in [1.54, 1.807) is 6.92 Å². The highest BCUT2D eigenvalue weighted by Gasteiger charge is 2.56. The number of aliphatic imine (C=N–C) groups is 1. The zero-order valence-electron chi connectivity index (χ0n) is 29.9. The van der Waals surface area contributed by atoms with Crippen molar-refractivity contribution >= 4 is 35.2 Å². The van der Waals surface area contributed by atoms with E-state index in [0.717, 1.165) is 17.1 Å². The minimum absolute atomic E-state index is 0.0309. The zero-order valence-corrected chi connectivity index (χ0v) is 29.9. The highest BCUT2D eigenvalue weighted by atomic mass is 16.7. The van der Waals surface area contributed by atoms with Gasteiger partial charge in [-0.1, -0.05) is 0 Å². The fraction of sp³-hybridized carbons (Fsp3) is 0.351. The van der Waals surface area contributed by atoms with Crippen molar-refractivity contribution in [1.29, 1.82) is 0 Å². The number of nitrogens with one attached hydrogen (secondary N) is 1. The van der Waals surface area contributed by atoms with Gasteiger partial charge in [-0.25, -0.2) is 4.98 Å². The van der Waals surface area contributed by atoms with Gasteiger partial charge >= 0.3 is 0 Å². The van der Waals surface area contributed by atoms with Crippen LogP contribution in [0.2, 0.25) is 0 Å². The highest BCUT2D eigenvalue weighted by molar-refractivity contribution is 6.30. The molecule has 3 aliphatic rings. The van der Waals surface area contributed by atoms with Crippen molar-refractivity contribution in [2.45, 2.75) is 56.0 Å². The molecule has 18 nitrogen and oxygen atoms in total. The van der Waals surface area contributed by atoms with Gasteiger partial charge in [-0.3, -0.25) is 29.1 Å². The summed E-state index contributed by atoms with van der Waals surface area (Å²) in [7, 11) is 2.76. The van der Waals surface area contributed by atoms with Gasteiger partial charge in [0.05, 0.1) is 24.8 Å². The normalized spacial score (nSPS) is 24.1. The summed E-state index contributed by atoms with van der Waals surface area (Å²) in [5.41, 5.74) is 9.52. The molecule has 1 fully saturated rings. The maximum Gasteiger partial charge on any atom is 0.253 e. The number of aryl methyl sites for hydroxylation is 1. The number of imide groups is 1. The molecule has 2 aliphatic heterocycles. The Morgan fingerprint density at radius 2 is 1.78 bits per heavy atom. The van der Waals surface area contributed by atoms with Crippen molar-refractivity contribution < 1.29 is 58.9 Å². The van der Waals surface area contributed by atoms with Gasteiger partial charge in [0, 0.05) is 67.2 Å². The lowest BCUT2D eigenvalue weighted by Gasteiger charge is -2.49. The van der Waals surface area contributed by atoms with Gasteiger partial charge in [0.2, 0.25) is 12.1 Å². The summed E-state index contributed by atoms with van der Waals surface area (Å²) >= 11 is 0. The number of carbonyl (C=O) groups is 4. The Hall–Kier alpha value is -5.92. The van der Waals surface area contributed by atoms with Crippen LogP contribution in [-0.4, -0.2) is 122 Å². The number of aromatic nitrogens is 1. The van der Waals surface area contributed by atoms with Crippen molar-refractivity contribution in [2.24, 2.45) is 10.7 Å². The van der Waals surface area contributed by atoms with E-state index in [2.05, 4.69) is 15.3 Å². The van der Waals surface area contributed by atoms with Crippen LogP contribution in [0, 0.1) is 6.92 Å². The summed E-state index contributed by atoms with van der Waals surface area (Å²) in [5.74, 6) is -4.22. The summed E-state index contributed by atoms with van der Waals surface area (Å²) in [4.78, 5) is 61.8. The van der Waals surface area contributed by atoms with Gasteiger partial charge in [-0.15, -0.1) is 0 Å². The Bertz CT molecular complexity index is 2120. The molecule has 1 aromatic heterocycles. The number of carbonyl (C=O) groups excluding carboxylic acids is 4. The molecule has 0 saturated carbocycles. The second-order valence-electron chi connectivity index (χ2n) is 13.4. The minimum Gasteiger partial charge on any atom is -0.507 e. The summed E-state index contributed by atoms with van der Waals surface area (Å²) in [6.07, 6.45) is -4.63. The molecule has 1 saturated heterocycles. The van der Waals surface area contributed by atoms with Crippen LogP contribution in [0.25, 0.3) is 0 Å². The van der Waals surface area contributed by atoms with Gasteiger partial charge in [0.15, 0.2) is 11.7 Å². The highest BCUT2D eigenvalue weighted by Crippen LogP contribution is 2.44. The molecular weight excluding hydrogens is 720 g/mol. The van der Waals surface area contributed by atoms with Crippen LogP contribution in [0.3, 0.4) is 0 Å². The number of ether oxygens (including phenoxy) is 3. The number of nitrogen functional groups attached to an aromatic ring is 1. The van der Waals surface area contributed by atoms with Crippen LogP contribution in [-0.2, 0) is 20.9 Å². The molecule has 10 N–H and O–H groups in total. The van der Waals surface area contributed by atoms with Crippen LogP contribution >= 0.6 is 0 Å². The molecule has 2 amide bonds. The summed E-state index contributed by atoms with van der Waals surface area (Å²) in [5, 5.41) is 59.7. The minimum atomic E-state index is -2.44. The average molecular weight is 761 g/mol. The van der Waals surface area contributed by atoms with Crippen molar-refractivity contribution in [3.63, 3.8) is 0 Å². The van der Waals surface area contributed by atoms with Gasteiger partial charge < -0.3 is 56.5 Å². The molecule has 0 spiro atoms. The van der Waals surface area contributed by atoms with Gasteiger partial charge in [-0.2, -0.15) is 0 Å². The zero-order chi connectivity index (χ0) is 39.9. The first-order chi connectivity index (χ1) is 26.1. The molecule has 6 rings (SSSR count). The van der Waals surface area contributed by atoms with E-state index in [1.165, 1.54) is 50.7 Å². The molecule has 2 aromatic carbocycles. The Labute approximate surface area is 313 Å². The Morgan fingerprint density at radius 1 is 1.09 bits per heavy atom. The average Bonchev–Trinajstić information content (AvgIpc) is 3.48. The first-order valence-corrected chi connectivity index (χ1v) is 17.0. The number of rotatable bonds is 11. The predicted octanol–water partition coefficient (Wildman–Crippen LogP) is -0.856. The number of anilines is 1. The fourth-order valence-electron chi connectivity index (χ4n) is 7.12. The Kier molecular flexibility index (Phi) is 10.6. The Morgan fingerprint density at radius 3 is 2.42 bits per heavy atom. The van der Waals surface area contributed by atoms with E-state index in [9.17, 15) is 44.7 Å². The number of amides is 2. The number of aliphatic hydroxyl groups is 4. The maximum atomic E-state index is 14.2. The number of nitrogens with two attached hydrogens (primary N) is 2. The molecular formula is C37H40N6O12. The number of aliphatic hydroxyl groups excluding tert-OH is 3. The fourth-order valence-corrected chi connectivity index (χ4v) is 7.12. The van der Waals surface area contributed by atoms with Gasteiger partial charge in [0.25, 0.3) is 11.8 Å². The quantitative estimate of drug-likeness (QED) is 0.0524. The lowest BCUT2D eigenvalue weighted by Crippen LogP contribution is -2.68. The molecule has 55 heavy (non-hydrogen) atoms. The van der Waals surface area contributed by atoms with Crippen LogP contribution in [0.1, 0.15) is 60.9 Å². The number of pyridine rings is 1. The third-order valence-corrected chi connectivity index (χ3v) is 10.1. The molecule has 1 aliphatic carbocycles. The SMILES string of the molecule is CN=C(N)NCc1c(C)cc2c(c1O)C(=O)c1c(O[C@@H]3O[C@H](CO)[C@](O)(C[C@H](CN4C(=O)C=CC4=O)c4ccnc(N)c4)[C@H](O)[C@H]3O)cc(OC)cc1C2=O. The topological polar surface area (TPSA) is 290 Å².